The standard InChI is InChI=1S/C9H8F2N2O/c1-5-4-7(14)13-8(9(10)11)6(5)2-3-12/h4,9H,2H2,1H3,(H,13,14). The van der Waals surface area contributed by atoms with Crippen LogP contribution in [-0.2, 0) is 6.42 Å². The van der Waals surface area contributed by atoms with Crippen molar-refractivity contribution in [3.8, 4) is 6.07 Å². The number of H-pyrrole nitrogens is 1. The lowest BCUT2D eigenvalue weighted by molar-refractivity contribution is 0.144. The van der Waals surface area contributed by atoms with Gasteiger partial charge < -0.3 is 4.98 Å². The van der Waals surface area contributed by atoms with Crippen molar-refractivity contribution in [2.45, 2.75) is 19.8 Å². The van der Waals surface area contributed by atoms with Gasteiger partial charge in [0.2, 0.25) is 5.56 Å². The van der Waals surface area contributed by atoms with E-state index < -0.39 is 17.7 Å². The number of aryl methyl sites for hydroxylation is 1. The number of rotatable bonds is 2. The maximum absolute atomic E-state index is 12.4. The topological polar surface area (TPSA) is 56.6 Å². The van der Waals surface area contributed by atoms with Crippen molar-refractivity contribution < 1.29 is 8.78 Å². The average molecular weight is 198 g/mol. The highest BCUT2D eigenvalue weighted by Crippen LogP contribution is 2.21. The first-order chi connectivity index (χ1) is 6.56. The van der Waals surface area contributed by atoms with E-state index in [0.29, 0.717) is 5.56 Å². The Morgan fingerprint density at radius 1 is 1.64 bits per heavy atom. The number of aromatic nitrogens is 1. The first-order valence-corrected chi connectivity index (χ1v) is 3.94. The van der Waals surface area contributed by atoms with Gasteiger partial charge in [0.15, 0.2) is 0 Å². The molecule has 0 aliphatic carbocycles. The second-order valence-electron chi connectivity index (χ2n) is 2.84. The molecule has 74 valence electrons. The highest BCUT2D eigenvalue weighted by molar-refractivity contribution is 5.32. The van der Waals surface area contributed by atoms with E-state index in [1.54, 1.807) is 6.07 Å². The molecule has 0 aromatic carbocycles. The lowest BCUT2D eigenvalue weighted by Gasteiger charge is -2.07. The molecule has 3 nitrogen and oxygen atoms in total. The van der Waals surface area contributed by atoms with Crippen molar-refractivity contribution in [2.24, 2.45) is 0 Å². The molecule has 1 N–H and O–H groups in total. The van der Waals surface area contributed by atoms with Crippen molar-refractivity contribution in [1.29, 1.82) is 5.26 Å². The molecular formula is C9H8F2N2O. The molecule has 14 heavy (non-hydrogen) atoms. The van der Waals surface area contributed by atoms with Crippen LogP contribution in [0, 0.1) is 18.3 Å². The van der Waals surface area contributed by atoms with Crippen LogP contribution in [0.3, 0.4) is 0 Å². The molecule has 0 saturated heterocycles. The van der Waals surface area contributed by atoms with Crippen LogP contribution in [0.25, 0.3) is 0 Å². The van der Waals surface area contributed by atoms with E-state index in [9.17, 15) is 13.6 Å². The van der Waals surface area contributed by atoms with Gasteiger partial charge in [-0.15, -0.1) is 0 Å². The van der Waals surface area contributed by atoms with E-state index in [4.69, 9.17) is 5.26 Å². The molecule has 0 radical (unpaired) electrons. The van der Waals surface area contributed by atoms with Crippen LogP contribution in [0.2, 0.25) is 0 Å². The Bertz CT molecular complexity index is 431. The first kappa shape index (κ1) is 10.4. The zero-order chi connectivity index (χ0) is 10.7. The summed E-state index contributed by atoms with van der Waals surface area (Å²) in [5.41, 5.74) is -0.385. The molecule has 5 heteroatoms. The van der Waals surface area contributed by atoms with Crippen LogP contribution in [0.1, 0.15) is 23.2 Å². The normalized spacial score (nSPS) is 10.2. The summed E-state index contributed by atoms with van der Waals surface area (Å²) < 4.78 is 24.9. The Hall–Kier alpha value is -1.70. The van der Waals surface area contributed by atoms with Crippen molar-refractivity contribution >= 4 is 0 Å². The smallest absolute Gasteiger partial charge is 0.278 e. The minimum Gasteiger partial charge on any atom is -0.321 e. The quantitative estimate of drug-likeness (QED) is 0.786. The fraction of sp³-hybridized carbons (Fsp3) is 0.333. The minimum atomic E-state index is -2.76. The number of hydrogen-bond acceptors (Lipinski definition) is 2. The highest BCUT2D eigenvalue weighted by atomic mass is 19.3. The number of hydrogen-bond donors (Lipinski definition) is 1. The van der Waals surface area contributed by atoms with Crippen LogP contribution >= 0.6 is 0 Å². The van der Waals surface area contributed by atoms with Crippen LogP contribution in [0.5, 0.6) is 0 Å². The minimum absolute atomic E-state index is 0.123. The Balaban J connectivity index is 3.38. The summed E-state index contributed by atoms with van der Waals surface area (Å²) in [5, 5.41) is 8.43. The number of nitriles is 1. The van der Waals surface area contributed by atoms with Gasteiger partial charge in [0.25, 0.3) is 6.43 Å². The summed E-state index contributed by atoms with van der Waals surface area (Å²) in [4.78, 5) is 12.9. The van der Waals surface area contributed by atoms with Gasteiger partial charge in [0.05, 0.1) is 18.2 Å². The van der Waals surface area contributed by atoms with Crippen LogP contribution in [-0.4, -0.2) is 4.98 Å². The maximum atomic E-state index is 12.4. The lowest BCUT2D eigenvalue weighted by atomic mass is 10.1. The fourth-order valence-corrected chi connectivity index (χ4v) is 1.24. The van der Waals surface area contributed by atoms with Gasteiger partial charge in [-0.3, -0.25) is 4.79 Å². The summed E-state index contributed by atoms with van der Waals surface area (Å²) in [5.74, 6) is 0. The average Bonchev–Trinajstić information content (AvgIpc) is 2.09. The Kier molecular flexibility index (Phi) is 2.97. The molecule has 1 heterocycles. The summed E-state index contributed by atoms with van der Waals surface area (Å²) in [6.07, 6.45) is -2.88. The molecule has 0 aliphatic heterocycles. The third kappa shape index (κ3) is 1.96. The maximum Gasteiger partial charge on any atom is 0.278 e. The van der Waals surface area contributed by atoms with E-state index in [1.807, 2.05) is 4.98 Å². The van der Waals surface area contributed by atoms with E-state index >= 15 is 0 Å². The number of nitrogens with one attached hydrogen (secondary N) is 1. The number of nitrogens with zero attached hydrogens (tertiary/aromatic N) is 1. The second-order valence-corrected chi connectivity index (χ2v) is 2.84. The lowest BCUT2D eigenvalue weighted by Crippen LogP contribution is -2.13. The molecule has 1 rings (SSSR count). The van der Waals surface area contributed by atoms with Crippen molar-refractivity contribution in [1.82, 2.24) is 4.98 Å². The fourth-order valence-electron chi connectivity index (χ4n) is 1.24. The number of alkyl halides is 2. The monoisotopic (exact) mass is 198 g/mol. The largest absolute Gasteiger partial charge is 0.321 e. The number of halogens is 2. The summed E-state index contributed by atoms with van der Waals surface area (Å²) in [6, 6.07) is 2.99. The van der Waals surface area contributed by atoms with Crippen LogP contribution < -0.4 is 5.56 Å². The van der Waals surface area contributed by atoms with Crippen molar-refractivity contribution in [3.05, 3.63) is 33.2 Å². The van der Waals surface area contributed by atoms with Gasteiger partial charge in [0.1, 0.15) is 0 Å². The molecule has 0 aliphatic rings. The highest BCUT2D eigenvalue weighted by Gasteiger charge is 2.15. The van der Waals surface area contributed by atoms with Crippen LogP contribution in [0.15, 0.2) is 10.9 Å². The Morgan fingerprint density at radius 3 is 2.79 bits per heavy atom. The van der Waals surface area contributed by atoms with Crippen molar-refractivity contribution in [3.63, 3.8) is 0 Å². The SMILES string of the molecule is Cc1cc(=O)[nH]c(C(F)F)c1CC#N. The molecule has 0 unspecified atom stereocenters. The van der Waals surface area contributed by atoms with E-state index in [1.165, 1.54) is 13.0 Å². The Labute approximate surface area is 79.0 Å². The van der Waals surface area contributed by atoms with Gasteiger partial charge in [-0.05, 0) is 18.1 Å². The van der Waals surface area contributed by atoms with Crippen molar-refractivity contribution in [2.75, 3.05) is 0 Å². The van der Waals surface area contributed by atoms with Gasteiger partial charge >= 0.3 is 0 Å². The molecule has 0 atom stereocenters. The van der Waals surface area contributed by atoms with Crippen LogP contribution in [0.4, 0.5) is 8.78 Å². The summed E-state index contributed by atoms with van der Waals surface area (Å²) in [7, 11) is 0. The second kappa shape index (κ2) is 4.01. The van der Waals surface area contributed by atoms with Gasteiger partial charge in [0, 0.05) is 6.07 Å². The first-order valence-electron chi connectivity index (χ1n) is 3.94. The summed E-state index contributed by atoms with van der Waals surface area (Å²) in [6.45, 7) is 1.54. The molecule has 0 saturated carbocycles. The molecule has 1 aromatic heterocycles. The predicted octanol–water partition coefficient (Wildman–Crippen LogP) is 1.69. The van der Waals surface area contributed by atoms with Gasteiger partial charge in [-0.25, -0.2) is 8.78 Å². The molecule has 0 spiro atoms. The van der Waals surface area contributed by atoms with Gasteiger partial charge in [-0.2, -0.15) is 5.26 Å². The summed E-state index contributed by atoms with van der Waals surface area (Å²) >= 11 is 0. The molecule has 0 fully saturated rings. The molecule has 0 amide bonds. The zero-order valence-electron chi connectivity index (χ0n) is 7.47. The third-order valence-electron chi connectivity index (χ3n) is 1.88. The third-order valence-corrected chi connectivity index (χ3v) is 1.88. The molecule has 1 aromatic rings. The molecular weight excluding hydrogens is 190 g/mol. The number of aromatic amines is 1. The zero-order valence-corrected chi connectivity index (χ0v) is 7.47. The van der Waals surface area contributed by atoms with E-state index in [2.05, 4.69) is 0 Å². The number of pyridine rings is 1. The van der Waals surface area contributed by atoms with Gasteiger partial charge in [-0.1, -0.05) is 0 Å². The molecule has 0 bridgehead atoms. The van der Waals surface area contributed by atoms with E-state index in [0.717, 1.165) is 0 Å². The predicted molar refractivity (Wildman–Crippen MR) is 46.1 cm³/mol. The Morgan fingerprint density at radius 2 is 2.29 bits per heavy atom. The van der Waals surface area contributed by atoms with E-state index in [-0.39, 0.29) is 12.0 Å².